The summed E-state index contributed by atoms with van der Waals surface area (Å²) in [7, 11) is -3.83. The van der Waals surface area contributed by atoms with E-state index in [1.807, 2.05) is 53.3 Å². The SMILES string of the molecule is CS(=O)(=O)NC(=O)c1cc(C2CC2)cc(OCC2CCN(C(c3ccc(Cl)cc3)c3ccc(Cl)cc3)CC2)c1F. The zero-order valence-electron chi connectivity index (χ0n) is 22.1. The Morgan fingerprint density at radius 3 is 2.02 bits per heavy atom. The van der Waals surface area contributed by atoms with Crippen LogP contribution in [-0.4, -0.2) is 45.2 Å². The largest absolute Gasteiger partial charge is 0.490 e. The molecule has 0 radical (unpaired) electrons. The minimum atomic E-state index is -3.83. The Morgan fingerprint density at radius 2 is 1.52 bits per heavy atom. The van der Waals surface area contributed by atoms with Gasteiger partial charge >= 0.3 is 0 Å². The van der Waals surface area contributed by atoms with E-state index in [9.17, 15) is 13.2 Å². The number of rotatable bonds is 9. The predicted molar refractivity (Wildman–Crippen MR) is 155 cm³/mol. The average molecular weight is 606 g/mol. The fourth-order valence-electron chi connectivity index (χ4n) is 5.25. The fourth-order valence-corrected chi connectivity index (χ4v) is 5.95. The first-order valence-corrected chi connectivity index (χ1v) is 16.0. The first-order chi connectivity index (χ1) is 19.1. The van der Waals surface area contributed by atoms with Gasteiger partial charge in [0.15, 0.2) is 11.6 Å². The van der Waals surface area contributed by atoms with Crippen LogP contribution in [0, 0.1) is 11.7 Å². The van der Waals surface area contributed by atoms with Gasteiger partial charge in [0, 0.05) is 10.0 Å². The molecule has 6 nitrogen and oxygen atoms in total. The summed E-state index contributed by atoms with van der Waals surface area (Å²) in [5, 5.41) is 1.37. The Hall–Kier alpha value is -2.65. The molecule has 3 aromatic carbocycles. The van der Waals surface area contributed by atoms with E-state index in [2.05, 4.69) is 4.90 Å². The minimum absolute atomic E-state index is 0.00862. The molecular weight excluding hydrogens is 574 g/mol. The van der Waals surface area contributed by atoms with Gasteiger partial charge in [-0.1, -0.05) is 47.5 Å². The number of carbonyl (C=O) groups is 1. The normalized spacial score (nSPS) is 16.7. The number of nitrogens with zero attached hydrogens (tertiary/aromatic N) is 1. The Bertz CT molecular complexity index is 1430. The molecule has 0 aromatic heterocycles. The second-order valence-corrected chi connectivity index (χ2v) is 13.3. The van der Waals surface area contributed by atoms with Crippen LogP contribution in [-0.2, 0) is 10.0 Å². The maximum Gasteiger partial charge on any atom is 0.267 e. The molecule has 1 aliphatic heterocycles. The van der Waals surface area contributed by atoms with Crippen molar-refractivity contribution in [2.45, 2.75) is 37.6 Å². The molecule has 1 N–H and O–H groups in total. The summed E-state index contributed by atoms with van der Waals surface area (Å²) in [4.78, 5) is 14.9. The van der Waals surface area contributed by atoms with Gasteiger partial charge in [-0.25, -0.2) is 17.5 Å². The first-order valence-electron chi connectivity index (χ1n) is 13.3. The number of carbonyl (C=O) groups excluding carboxylic acids is 1. The summed E-state index contributed by atoms with van der Waals surface area (Å²) in [6.45, 7) is 1.94. The average Bonchev–Trinajstić information content (AvgIpc) is 3.76. The van der Waals surface area contributed by atoms with Crippen LogP contribution in [0.5, 0.6) is 5.75 Å². The van der Waals surface area contributed by atoms with E-state index in [1.54, 1.807) is 6.07 Å². The van der Waals surface area contributed by atoms with Crippen molar-refractivity contribution in [3.05, 3.63) is 98.8 Å². The molecule has 2 aliphatic rings. The quantitative estimate of drug-likeness (QED) is 0.298. The molecule has 0 spiro atoms. The highest BCUT2D eigenvalue weighted by molar-refractivity contribution is 7.89. The summed E-state index contributed by atoms with van der Waals surface area (Å²) < 4.78 is 46.2. The molecule has 1 heterocycles. The summed E-state index contributed by atoms with van der Waals surface area (Å²) in [6.07, 6.45) is 4.45. The Labute approximate surface area is 244 Å². The Morgan fingerprint density at radius 1 is 0.975 bits per heavy atom. The van der Waals surface area contributed by atoms with Gasteiger partial charge in [-0.3, -0.25) is 9.69 Å². The highest BCUT2D eigenvalue weighted by atomic mass is 35.5. The fraction of sp³-hybridized carbons (Fsp3) is 0.367. The van der Waals surface area contributed by atoms with Crippen molar-refractivity contribution >= 4 is 39.1 Å². The van der Waals surface area contributed by atoms with Crippen LogP contribution in [0.2, 0.25) is 10.0 Å². The number of piperidine rings is 1. The summed E-state index contributed by atoms with van der Waals surface area (Å²) in [5.74, 6) is -1.41. The van der Waals surface area contributed by atoms with Crippen LogP contribution < -0.4 is 9.46 Å². The van der Waals surface area contributed by atoms with Gasteiger partial charge in [-0.2, -0.15) is 0 Å². The van der Waals surface area contributed by atoms with Gasteiger partial charge in [-0.15, -0.1) is 0 Å². The summed E-state index contributed by atoms with van der Waals surface area (Å²) in [5.41, 5.74) is 2.76. The lowest BCUT2D eigenvalue weighted by atomic mass is 9.91. The molecular formula is C30H31Cl2FN2O4S. The van der Waals surface area contributed by atoms with Crippen molar-refractivity contribution < 1.29 is 22.3 Å². The molecule has 0 atom stereocenters. The van der Waals surface area contributed by atoms with Crippen LogP contribution in [0.3, 0.4) is 0 Å². The minimum Gasteiger partial charge on any atom is -0.490 e. The van der Waals surface area contributed by atoms with Crippen molar-refractivity contribution in [1.82, 2.24) is 9.62 Å². The van der Waals surface area contributed by atoms with Gasteiger partial charge < -0.3 is 4.74 Å². The number of amides is 1. The molecule has 10 heteroatoms. The van der Waals surface area contributed by atoms with Crippen molar-refractivity contribution in [2.75, 3.05) is 26.0 Å². The van der Waals surface area contributed by atoms with E-state index in [4.69, 9.17) is 27.9 Å². The van der Waals surface area contributed by atoms with E-state index in [1.165, 1.54) is 6.07 Å². The molecule has 1 aliphatic carbocycles. The number of sulfonamides is 1. The van der Waals surface area contributed by atoms with E-state index < -0.39 is 21.7 Å². The maximum absolute atomic E-state index is 15.3. The molecule has 5 rings (SSSR count). The standard InChI is InChI=1S/C30H31Cl2FN2O4S/c1-40(37,38)34-30(36)26-16-23(20-2-3-20)17-27(28(26)33)39-18-19-12-14-35(15-13-19)29(21-4-8-24(31)9-5-21)22-6-10-25(32)11-7-22/h4-11,16-17,19-20,29H,2-3,12-15,18H2,1H3,(H,34,36). The summed E-state index contributed by atoms with van der Waals surface area (Å²) >= 11 is 12.3. The van der Waals surface area contributed by atoms with Crippen LogP contribution in [0.25, 0.3) is 0 Å². The van der Waals surface area contributed by atoms with Crippen molar-refractivity contribution in [1.29, 1.82) is 0 Å². The number of ether oxygens (including phenoxy) is 1. The first kappa shape index (κ1) is 28.9. The zero-order valence-corrected chi connectivity index (χ0v) is 24.4. The number of likely N-dealkylation sites (tertiary alicyclic amines) is 1. The smallest absolute Gasteiger partial charge is 0.267 e. The third kappa shape index (κ3) is 7.16. The molecule has 3 aromatic rings. The van der Waals surface area contributed by atoms with E-state index >= 15 is 4.39 Å². The van der Waals surface area contributed by atoms with Crippen LogP contribution in [0.1, 0.15) is 64.7 Å². The monoisotopic (exact) mass is 604 g/mol. The molecule has 1 saturated carbocycles. The molecule has 1 saturated heterocycles. The van der Waals surface area contributed by atoms with Gasteiger partial charge in [-0.05, 0) is 104 Å². The van der Waals surface area contributed by atoms with Crippen LogP contribution in [0.4, 0.5) is 4.39 Å². The molecule has 212 valence electrons. The van der Waals surface area contributed by atoms with Crippen LogP contribution >= 0.6 is 23.2 Å². The second-order valence-electron chi connectivity index (χ2n) is 10.7. The van der Waals surface area contributed by atoms with Gasteiger partial charge in [0.1, 0.15) is 0 Å². The van der Waals surface area contributed by atoms with Crippen LogP contribution in [0.15, 0.2) is 60.7 Å². The lowest BCUT2D eigenvalue weighted by Gasteiger charge is -2.38. The number of benzene rings is 3. The van der Waals surface area contributed by atoms with Crippen molar-refractivity contribution in [3.8, 4) is 5.75 Å². The number of hydrogen-bond donors (Lipinski definition) is 1. The number of halogens is 3. The Balaban J connectivity index is 1.28. The number of nitrogens with one attached hydrogen (secondary N) is 1. The van der Waals surface area contributed by atoms with Gasteiger partial charge in [0.05, 0.1) is 24.5 Å². The highest BCUT2D eigenvalue weighted by Crippen LogP contribution is 2.42. The summed E-state index contributed by atoms with van der Waals surface area (Å²) in [6, 6.07) is 18.9. The second kappa shape index (κ2) is 12.1. The third-order valence-corrected chi connectivity index (χ3v) is 8.55. The maximum atomic E-state index is 15.3. The highest BCUT2D eigenvalue weighted by Gasteiger charge is 2.30. The van der Waals surface area contributed by atoms with Crippen molar-refractivity contribution in [2.24, 2.45) is 5.92 Å². The molecule has 0 unspecified atom stereocenters. The van der Waals surface area contributed by atoms with E-state index in [-0.39, 0.29) is 29.2 Å². The molecule has 2 fully saturated rings. The molecule has 1 amide bonds. The molecule has 0 bridgehead atoms. The topological polar surface area (TPSA) is 75.7 Å². The zero-order chi connectivity index (χ0) is 28.4. The van der Waals surface area contributed by atoms with Gasteiger partial charge in [0.2, 0.25) is 10.0 Å². The van der Waals surface area contributed by atoms with E-state index in [0.717, 1.165) is 61.7 Å². The number of hydrogen-bond acceptors (Lipinski definition) is 5. The van der Waals surface area contributed by atoms with E-state index in [0.29, 0.717) is 16.7 Å². The Kier molecular flexibility index (Phi) is 8.71. The van der Waals surface area contributed by atoms with Gasteiger partial charge in [0.25, 0.3) is 5.91 Å². The third-order valence-electron chi connectivity index (χ3n) is 7.49. The lowest BCUT2D eigenvalue weighted by molar-refractivity contribution is 0.0974. The lowest BCUT2D eigenvalue weighted by Crippen LogP contribution is -2.38. The molecule has 40 heavy (non-hydrogen) atoms. The predicted octanol–water partition coefficient (Wildman–Crippen LogP) is 6.58. The van der Waals surface area contributed by atoms with Crippen molar-refractivity contribution in [3.63, 3.8) is 0 Å².